The lowest BCUT2D eigenvalue weighted by Gasteiger charge is -2.22. The number of hydrogen-bond donors (Lipinski definition) is 0. The van der Waals surface area contributed by atoms with Crippen LogP contribution in [0, 0.1) is 24.0 Å². The Balaban J connectivity index is 1.55. The van der Waals surface area contributed by atoms with Gasteiger partial charge in [0.15, 0.2) is 0 Å². The monoisotopic (exact) mass is 422 g/mol. The van der Waals surface area contributed by atoms with Gasteiger partial charge in [0.1, 0.15) is 11.4 Å². The van der Waals surface area contributed by atoms with Crippen LogP contribution in [0.4, 0.5) is 11.4 Å². The average molecular weight is 423 g/mol. The zero-order chi connectivity index (χ0) is 21.3. The maximum atomic E-state index is 13.2. The number of hydrogen-bond acceptors (Lipinski definition) is 5. The highest BCUT2D eigenvalue weighted by atomic mass is 32.2. The van der Waals surface area contributed by atoms with Crippen molar-refractivity contribution in [3.05, 3.63) is 81.2 Å². The van der Waals surface area contributed by atoms with Crippen molar-refractivity contribution in [1.82, 2.24) is 9.78 Å². The smallest absolute Gasteiger partial charge is 0.307 e. The molecule has 0 atom stereocenters. The summed E-state index contributed by atoms with van der Waals surface area (Å²) in [7, 11) is 0. The van der Waals surface area contributed by atoms with Crippen LogP contribution in [-0.2, 0) is 6.54 Å². The minimum Gasteiger partial charge on any atom is -0.307 e. The molecule has 0 saturated carbocycles. The predicted octanol–water partition coefficient (Wildman–Crippen LogP) is 4.60. The predicted molar refractivity (Wildman–Crippen MR) is 117 cm³/mol. The number of carbonyl (C=O) groups excluding carboxylic acids is 1. The van der Waals surface area contributed by atoms with Crippen LogP contribution in [0.1, 0.15) is 33.7 Å². The van der Waals surface area contributed by atoms with Crippen LogP contribution in [0.3, 0.4) is 0 Å². The van der Waals surface area contributed by atoms with Gasteiger partial charge in [-0.15, -0.1) is 11.8 Å². The van der Waals surface area contributed by atoms with Crippen molar-refractivity contribution >= 4 is 29.0 Å². The molecule has 3 aromatic rings. The normalized spacial score (nSPS) is 13.6. The van der Waals surface area contributed by atoms with Gasteiger partial charge in [0.25, 0.3) is 5.91 Å². The summed E-state index contributed by atoms with van der Waals surface area (Å²) in [6.07, 6.45) is 0.944. The quantitative estimate of drug-likeness (QED) is 0.453. The molecule has 1 aliphatic rings. The lowest BCUT2D eigenvalue weighted by atomic mass is 10.1. The van der Waals surface area contributed by atoms with E-state index in [4.69, 9.17) is 0 Å². The Labute approximate surface area is 178 Å². The molecule has 1 aliphatic heterocycles. The molecule has 1 amide bonds. The van der Waals surface area contributed by atoms with Crippen molar-refractivity contribution in [3.8, 4) is 0 Å². The highest BCUT2D eigenvalue weighted by molar-refractivity contribution is 7.99. The largest absolute Gasteiger partial charge is 0.312 e. The number of benzene rings is 2. The molecule has 0 N–H and O–H groups in total. The number of amides is 1. The second kappa shape index (κ2) is 8.31. The fourth-order valence-electron chi connectivity index (χ4n) is 3.73. The van der Waals surface area contributed by atoms with E-state index in [0.29, 0.717) is 30.0 Å². The van der Waals surface area contributed by atoms with E-state index in [9.17, 15) is 14.9 Å². The second-order valence-electron chi connectivity index (χ2n) is 7.26. The van der Waals surface area contributed by atoms with E-state index in [0.717, 1.165) is 28.3 Å². The van der Waals surface area contributed by atoms with Gasteiger partial charge in [-0.2, -0.15) is 5.10 Å². The van der Waals surface area contributed by atoms with Crippen molar-refractivity contribution in [2.45, 2.75) is 31.7 Å². The van der Waals surface area contributed by atoms with Gasteiger partial charge in [-0.25, -0.2) is 0 Å². The van der Waals surface area contributed by atoms with E-state index in [1.807, 2.05) is 47.4 Å². The van der Waals surface area contributed by atoms with Crippen LogP contribution in [0.5, 0.6) is 0 Å². The van der Waals surface area contributed by atoms with E-state index < -0.39 is 4.92 Å². The number of fused-ring (bicyclic) bond motifs is 1. The molecule has 0 aliphatic carbocycles. The van der Waals surface area contributed by atoms with Crippen molar-refractivity contribution < 1.29 is 9.72 Å². The number of aromatic nitrogens is 2. The molecule has 2 aromatic carbocycles. The van der Waals surface area contributed by atoms with E-state index in [-0.39, 0.29) is 11.6 Å². The van der Waals surface area contributed by atoms with Crippen LogP contribution in [0.15, 0.2) is 53.4 Å². The first-order valence-electron chi connectivity index (χ1n) is 9.76. The van der Waals surface area contributed by atoms with E-state index >= 15 is 0 Å². The number of nitro groups is 1. The molecule has 0 spiro atoms. The number of nitrogens with zero attached hydrogens (tertiary/aromatic N) is 4. The number of thioether (sulfide) groups is 1. The Bertz CT molecular complexity index is 1110. The minimum atomic E-state index is -0.396. The number of carbonyl (C=O) groups is 1. The third-order valence-electron chi connectivity index (χ3n) is 5.24. The lowest BCUT2D eigenvalue weighted by Crippen LogP contribution is -2.31. The fraction of sp³-hybridized carbons (Fsp3) is 0.273. The lowest BCUT2D eigenvalue weighted by molar-refractivity contribution is -0.386. The SMILES string of the molecule is Cc1nn(Cc2ccc(C(=O)N3CCCSc4ccccc43)cc2)c(C)c1[N+](=O)[O-]. The number of rotatable bonds is 4. The molecule has 0 radical (unpaired) electrons. The van der Waals surface area contributed by atoms with E-state index in [1.165, 1.54) is 0 Å². The molecular weight excluding hydrogens is 400 g/mol. The molecule has 0 bridgehead atoms. The Morgan fingerprint density at radius 1 is 1.17 bits per heavy atom. The maximum absolute atomic E-state index is 13.2. The first kappa shape index (κ1) is 20.2. The summed E-state index contributed by atoms with van der Waals surface area (Å²) in [4.78, 5) is 27.0. The first-order chi connectivity index (χ1) is 14.5. The zero-order valence-corrected chi connectivity index (χ0v) is 17.7. The summed E-state index contributed by atoms with van der Waals surface area (Å²) < 4.78 is 1.63. The molecule has 0 saturated heterocycles. The van der Waals surface area contributed by atoms with Crippen molar-refractivity contribution in [1.29, 1.82) is 0 Å². The van der Waals surface area contributed by atoms with Crippen LogP contribution in [0.2, 0.25) is 0 Å². The summed E-state index contributed by atoms with van der Waals surface area (Å²) in [6.45, 7) is 4.45. The zero-order valence-electron chi connectivity index (χ0n) is 16.9. The van der Waals surface area contributed by atoms with Crippen LogP contribution in [-0.4, -0.2) is 32.9 Å². The van der Waals surface area contributed by atoms with Gasteiger partial charge in [-0.3, -0.25) is 19.6 Å². The maximum Gasteiger partial charge on any atom is 0.312 e. The Morgan fingerprint density at radius 3 is 2.60 bits per heavy atom. The van der Waals surface area contributed by atoms with Gasteiger partial charge in [-0.05, 0) is 55.9 Å². The summed E-state index contributed by atoms with van der Waals surface area (Å²) in [5.74, 6) is 0.979. The highest BCUT2D eigenvalue weighted by Crippen LogP contribution is 2.34. The summed E-state index contributed by atoms with van der Waals surface area (Å²) in [5, 5.41) is 15.5. The van der Waals surface area contributed by atoms with Gasteiger partial charge in [0.05, 0.1) is 17.2 Å². The topological polar surface area (TPSA) is 81.3 Å². The van der Waals surface area contributed by atoms with Gasteiger partial charge in [0, 0.05) is 17.0 Å². The standard InChI is InChI=1S/C22H22N4O3S/c1-15-21(26(28)29)16(2)25(23-15)14-17-8-10-18(11-9-17)22(27)24-12-5-13-30-20-7-4-3-6-19(20)24/h3-4,6-11H,5,12-14H2,1-2H3. The molecule has 7 nitrogen and oxygen atoms in total. The molecule has 0 fully saturated rings. The van der Waals surface area contributed by atoms with Gasteiger partial charge in [0.2, 0.25) is 0 Å². The molecular formula is C22H22N4O3S. The Kier molecular flexibility index (Phi) is 5.59. The molecule has 30 heavy (non-hydrogen) atoms. The van der Waals surface area contributed by atoms with Crippen LogP contribution >= 0.6 is 11.8 Å². The third-order valence-corrected chi connectivity index (χ3v) is 6.39. The summed E-state index contributed by atoms with van der Waals surface area (Å²) >= 11 is 1.78. The molecule has 1 aromatic heterocycles. The van der Waals surface area contributed by atoms with E-state index in [2.05, 4.69) is 11.2 Å². The Hall–Kier alpha value is -3.13. The van der Waals surface area contributed by atoms with Crippen LogP contribution in [0.25, 0.3) is 0 Å². The first-order valence-corrected chi connectivity index (χ1v) is 10.8. The molecule has 8 heteroatoms. The van der Waals surface area contributed by atoms with Crippen LogP contribution < -0.4 is 4.90 Å². The minimum absolute atomic E-state index is 0.0155. The van der Waals surface area contributed by atoms with Crippen molar-refractivity contribution in [2.75, 3.05) is 17.2 Å². The average Bonchev–Trinajstić information content (AvgIpc) is 2.90. The van der Waals surface area contributed by atoms with Gasteiger partial charge in [-0.1, -0.05) is 24.3 Å². The number of aryl methyl sites for hydroxylation is 1. The number of para-hydroxylation sites is 1. The Morgan fingerprint density at radius 2 is 1.90 bits per heavy atom. The van der Waals surface area contributed by atoms with Crippen molar-refractivity contribution in [3.63, 3.8) is 0 Å². The van der Waals surface area contributed by atoms with Gasteiger partial charge < -0.3 is 4.90 Å². The molecule has 2 heterocycles. The van der Waals surface area contributed by atoms with Crippen molar-refractivity contribution in [2.24, 2.45) is 0 Å². The fourth-order valence-corrected chi connectivity index (χ4v) is 4.72. The number of anilines is 1. The summed E-state index contributed by atoms with van der Waals surface area (Å²) in [5.41, 5.74) is 3.50. The van der Waals surface area contributed by atoms with E-state index in [1.54, 1.807) is 30.3 Å². The third kappa shape index (κ3) is 3.82. The summed E-state index contributed by atoms with van der Waals surface area (Å²) in [6, 6.07) is 15.4. The molecule has 154 valence electrons. The second-order valence-corrected chi connectivity index (χ2v) is 8.39. The molecule has 4 rings (SSSR count). The van der Waals surface area contributed by atoms with Gasteiger partial charge >= 0.3 is 5.69 Å². The highest BCUT2D eigenvalue weighted by Gasteiger charge is 2.23. The molecule has 0 unspecified atom stereocenters.